The van der Waals surface area contributed by atoms with Crippen LogP contribution in [0.2, 0.25) is 0 Å². The standard InChI is InChI=1S/C30H34FN5O3/c1-4-6-21-13-19(11-12-32-21)29-24-14-20(9-10-27(24)34-35-29)30(37)33-22-15-23(38-2)17-36(16-22)18-25-26(31)7-5-8-28(25)39-3/h5,7-14,22-23H,4,6,15-18H2,1-3H3,(H,33,37)(H,34,35). The summed E-state index contributed by atoms with van der Waals surface area (Å²) in [5.41, 5.74) is 4.68. The summed E-state index contributed by atoms with van der Waals surface area (Å²) in [6.45, 7) is 3.69. The van der Waals surface area contributed by atoms with Crippen LogP contribution in [0, 0.1) is 5.82 Å². The number of amides is 1. The van der Waals surface area contributed by atoms with Crippen molar-refractivity contribution in [1.29, 1.82) is 0 Å². The molecule has 1 fully saturated rings. The number of benzene rings is 2. The molecule has 4 aromatic rings. The molecule has 204 valence electrons. The SMILES string of the molecule is CCCc1cc(-c2n[nH]c3ccc(C(=O)NC4CC(OC)CN(Cc5c(F)cccc5OC)C4)cc23)ccn1. The molecular formula is C30H34FN5O3. The average Bonchev–Trinajstić information content (AvgIpc) is 3.38. The number of aryl methyl sites for hydroxylation is 1. The Balaban J connectivity index is 1.34. The van der Waals surface area contributed by atoms with E-state index in [4.69, 9.17) is 9.47 Å². The predicted molar refractivity (Wildman–Crippen MR) is 148 cm³/mol. The minimum absolute atomic E-state index is 0.0891. The fourth-order valence-electron chi connectivity index (χ4n) is 5.31. The van der Waals surface area contributed by atoms with Crippen molar-refractivity contribution in [1.82, 2.24) is 25.4 Å². The molecule has 0 saturated carbocycles. The zero-order valence-electron chi connectivity index (χ0n) is 22.5. The highest BCUT2D eigenvalue weighted by Crippen LogP contribution is 2.28. The molecule has 5 rings (SSSR count). The Morgan fingerprint density at radius 3 is 2.85 bits per heavy atom. The number of aromatic amines is 1. The lowest BCUT2D eigenvalue weighted by molar-refractivity contribution is 0.0140. The van der Waals surface area contributed by atoms with E-state index in [1.165, 1.54) is 13.2 Å². The van der Waals surface area contributed by atoms with Crippen LogP contribution in [0.1, 0.15) is 41.4 Å². The summed E-state index contributed by atoms with van der Waals surface area (Å²) in [5.74, 6) is 0.0284. The van der Waals surface area contributed by atoms with Gasteiger partial charge in [0, 0.05) is 66.8 Å². The topological polar surface area (TPSA) is 92.4 Å². The zero-order chi connectivity index (χ0) is 27.4. The van der Waals surface area contributed by atoms with Gasteiger partial charge < -0.3 is 14.8 Å². The Bertz CT molecular complexity index is 1460. The molecule has 0 radical (unpaired) electrons. The number of nitrogens with one attached hydrogen (secondary N) is 2. The molecule has 1 saturated heterocycles. The van der Waals surface area contributed by atoms with E-state index in [-0.39, 0.29) is 23.9 Å². The van der Waals surface area contributed by atoms with E-state index in [1.807, 2.05) is 18.2 Å². The molecule has 9 heteroatoms. The second kappa shape index (κ2) is 11.9. The number of nitrogens with zero attached hydrogens (tertiary/aromatic N) is 3. The third-order valence-corrected chi connectivity index (χ3v) is 7.26. The van der Waals surface area contributed by atoms with Crippen LogP contribution in [0.25, 0.3) is 22.2 Å². The van der Waals surface area contributed by atoms with Crippen molar-refractivity contribution in [2.45, 2.75) is 44.9 Å². The number of carbonyl (C=O) groups excluding carboxylic acids is 1. The molecule has 2 aromatic carbocycles. The Morgan fingerprint density at radius 2 is 2.05 bits per heavy atom. The monoisotopic (exact) mass is 531 g/mol. The minimum atomic E-state index is -0.310. The largest absolute Gasteiger partial charge is 0.496 e. The van der Waals surface area contributed by atoms with Crippen molar-refractivity contribution >= 4 is 16.8 Å². The van der Waals surface area contributed by atoms with Crippen molar-refractivity contribution < 1.29 is 18.7 Å². The Kier molecular flexibility index (Phi) is 8.18. The lowest BCUT2D eigenvalue weighted by Gasteiger charge is -2.37. The Morgan fingerprint density at radius 1 is 1.18 bits per heavy atom. The van der Waals surface area contributed by atoms with Crippen LogP contribution >= 0.6 is 0 Å². The van der Waals surface area contributed by atoms with Gasteiger partial charge in [-0.2, -0.15) is 5.10 Å². The molecule has 0 aliphatic carbocycles. The lowest BCUT2D eigenvalue weighted by atomic mass is 10.0. The van der Waals surface area contributed by atoms with Crippen LogP contribution in [0.3, 0.4) is 0 Å². The second-order valence-corrected chi connectivity index (χ2v) is 10.00. The van der Waals surface area contributed by atoms with Gasteiger partial charge in [-0.05, 0) is 55.3 Å². The Hall–Kier alpha value is -3.82. The van der Waals surface area contributed by atoms with E-state index in [0.717, 1.165) is 40.7 Å². The summed E-state index contributed by atoms with van der Waals surface area (Å²) in [4.78, 5) is 19.9. The number of H-pyrrole nitrogens is 1. The van der Waals surface area contributed by atoms with Gasteiger partial charge in [-0.15, -0.1) is 0 Å². The van der Waals surface area contributed by atoms with Gasteiger partial charge >= 0.3 is 0 Å². The van der Waals surface area contributed by atoms with E-state index in [9.17, 15) is 9.18 Å². The van der Waals surface area contributed by atoms with E-state index in [0.29, 0.717) is 42.9 Å². The highest BCUT2D eigenvalue weighted by Gasteiger charge is 2.30. The first-order valence-electron chi connectivity index (χ1n) is 13.3. The summed E-state index contributed by atoms with van der Waals surface area (Å²) in [6, 6.07) is 14.2. The number of fused-ring (bicyclic) bond motifs is 1. The van der Waals surface area contributed by atoms with Crippen molar-refractivity contribution in [3.8, 4) is 17.0 Å². The number of carbonyl (C=O) groups is 1. The maximum atomic E-state index is 14.6. The number of hydrogen-bond donors (Lipinski definition) is 2. The fraction of sp³-hybridized carbons (Fsp3) is 0.367. The lowest BCUT2D eigenvalue weighted by Crippen LogP contribution is -2.52. The number of piperidine rings is 1. The maximum Gasteiger partial charge on any atom is 0.251 e. The smallest absolute Gasteiger partial charge is 0.251 e. The van der Waals surface area contributed by atoms with Gasteiger partial charge in [0.15, 0.2) is 0 Å². The Labute approximate surface area is 227 Å². The summed E-state index contributed by atoms with van der Waals surface area (Å²) in [7, 11) is 3.20. The molecule has 0 spiro atoms. The van der Waals surface area contributed by atoms with E-state index in [2.05, 4.69) is 38.4 Å². The molecule has 1 aliphatic rings. The van der Waals surface area contributed by atoms with Crippen molar-refractivity contribution in [3.05, 3.63) is 77.4 Å². The normalized spacial score (nSPS) is 17.8. The third-order valence-electron chi connectivity index (χ3n) is 7.26. The van der Waals surface area contributed by atoms with Crippen LogP contribution in [-0.4, -0.2) is 65.4 Å². The molecule has 3 heterocycles. The molecule has 0 bridgehead atoms. The van der Waals surface area contributed by atoms with Crippen molar-refractivity contribution in [2.24, 2.45) is 0 Å². The van der Waals surface area contributed by atoms with Crippen molar-refractivity contribution in [3.63, 3.8) is 0 Å². The van der Waals surface area contributed by atoms with Crippen LogP contribution in [0.15, 0.2) is 54.7 Å². The number of methoxy groups -OCH3 is 2. The molecule has 2 unspecified atom stereocenters. The van der Waals surface area contributed by atoms with E-state index < -0.39 is 0 Å². The van der Waals surface area contributed by atoms with Crippen LogP contribution < -0.4 is 10.1 Å². The number of halogens is 1. The number of rotatable bonds is 9. The van der Waals surface area contributed by atoms with E-state index >= 15 is 0 Å². The zero-order valence-corrected chi connectivity index (χ0v) is 22.5. The third kappa shape index (κ3) is 5.94. The number of pyridine rings is 1. The first-order chi connectivity index (χ1) is 19.0. The van der Waals surface area contributed by atoms with Gasteiger partial charge in [0.1, 0.15) is 17.3 Å². The predicted octanol–water partition coefficient (Wildman–Crippen LogP) is 4.74. The van der Waals surface area contributed by atoms with Crippen LogP contribution in [-0.2, 0) is 17.7 Å². The van der Waals surface area contributed by atoms with Crippen molar-refractivity contribution in [2.75, 3.05) is 27.3 Å². The molecule has 1 aliphatic heterocycles. The number of likely N-dealkylation sites (tertiary alicyclic amines) is 1. The van der Waals surface area contributed by atoms with Crippen LogP contribution in [0.4, 0.5) is 4.39 Å². The van der Waals surface area contributed by atoms with Gasteiger partial charge in [-0.3, -0.25) is 19.8 Å². The van der Waals surface area contributed by atoms with Gasteiger partial charge in [0.05, 0.1) is 18.7 Å². The molecule has 2 aromatic heterocycles. The van der Waals surface area contributed by atoms with Gasteiger partial charge in [-0.1, -0.05) is 19.4 Å². The van der Waals surface area contributed by atoms with Gasteiger partial charge in [0.2, 0.25) is 0 Å². The summed E-state index contributed by atoms with van der Waals surface area (Å²) in [6.07, 6.45) is 4.29. The van der Waals surface area contributed by atoms with Gasteiger partial charge in [-0.25, -0.2) is 4.39 Å². The molecular weight excluding hydrogens is 497 g/mol. The number of aromatic nitrogens is 3. The molecule has 2 N–H and O–H groups in total. The number of hydrogen-bond acceptors (Lipinski definition) is 6. The summed E-state index contributed by atoms with van der Waals surface area (Å²) >= 11 is 0. The molecule has 39 heavy (non-hydrogen) atoms. The fourth-order valence-corrected chi connectivity index (χ4v) is 5.31. The molecule has 2 atom stereocenters. The molecule has 8 nitrogen and oxygen atoms in total. The average molecular weight is 532 g/mol. The minimum Gasteiger partial charge on any atom is -0.496 e. The van der Waals surface area contributed by atoms with E-state index in [1.54, 1.807) is 31.5 Å². The summed E-state index contributed by atoms with van der Waals surface area (Å²) in [5, 5.41) is 11.7. The molecule has 1 amide bonds. The highest BCUT2D eigenvalue weighted by atomic mass is 19.1. The first-order valence-corrected chi connectivity index (χ1v) is 13.3. The maximum absolute atomic E-state index is 14.6. The van der Waals surface area contributed by atoms with Gasteiger partial charge in [0.25, 0.3) is 5.91 Å². The second-order valence-electron chi connectivity index (χ2n) is 10.00. The quantitative estimate of drug-likeness (QED) is 0.324. The van der Waals surface area contributed by atoms with Crippen LogP contribution in [0.5, 0.6) is 5.75 Å². The highest BCUT2D eigenvalue weighted by molar-refractivity contribution is 6.01. The number of ether oxygens (including phenoxy) is 2. The summed E-state index contributed by atoms with van der Waals surface area (Å²) < 4.78 is 25.6. The first kappa shape index (κ1) is 26.8.